The maximum Gasteiger partial charge on any atom is 0.124 e. The number of rotatable bonds is 5. The van der Waals surface area contributed by atoms with Gasteiger partial charge in [-0.05, 0) is 37.1 Å². The Hall–Kier alpha value is -2.85. The Morgan fingerprint density at radius 3 is 2.73 bits per heavy atom. The first kappa shape index (κ1) is 16.6. The molecule has 0 aliphatic carbocycles. The lowest BCUT2D eigenvalue weighted by Gasteiger charge is -2.18. The molecule has 0 bridgehead atoms. The predicted molar refractivity (Wildman–Crippen MR) is 103 cm³/mol. The molecule has 132 valence electrons. The van der Waals surface area contributed by atoms with E-state index in [1.165, 1.54) is 5.56 Å². The van der Waals surface area contributed by atoms with Crippen LogP contribution in [0.1, 0.15) is 27.9 Å². The Morgan fingerprint density at radius 1 is 1.04 bits per heavy atom. The number of fused-ring (bicyclic) bond motifs is 1. The molecule has 2 aromatic carbocycles. The number of hydrogen-bond donors (Lipinski definition) is 1. The van der Waals surface area contributed by atoms with Crippen molar-refractivity contribution < 1.29 is 9.47 Å². The van der Waals surface area contributed by atoms with Gasteiger partial charge in [-0.25, -0.2) is 0 Å². The zero-order valence-corrected chi connectivity index (χ0v) is 15.1. The summed E-state index contributed by atoms with van der Waals surface area (Å²) in [7, 11) is 0. The third-order valence-corrected chi connectivity index (χ3v) is 4.75. The van der Waals surface area contributed by atoms with Crippen LogP contribution in [0.3, 0.4) is 0 Å². The summed E-state index contributed by atoms with van der Waals surface area (Å²) in [4.78, 5) is 4.40. The maximum absolute atomic E-state index is 6.07. The maximum atomic E-state index is 6.07. The van der Waals surface area contributed by atoms with Crippen LogP contribution in [0.15, 0.2) is 54.7 Å². The molecule has 0 saturated carbocycles. The summed E-state index contributed by atoms with van der Waals surface area (Å²) in [6, 6.07) is 16.3. The van der Waals surface area contributed by atoms with E-state index in [0.29, 0.717) is 19.8 Å². The zero-order valence-electron chi connectivity index (χ0n) is 15.1. The Kier molecular flexibility index (Phi) is 4.59. The van der Waals surface area contributed by atoms with Gasteiger partial charge in [0.1, 0.15) is 12.4 Å². The number of nitrogens with one attached hydrogen (secondary N) is 1. The van der Waals surface area contributed by atoms with Crippen molar-refractivity contribution in [2.75, 3.05) is 5.32 Å². The molecular weight excluding hydrogens is 324 g/mol. The standard InChI is InChI=1S/C22H22N2O2/c1-15-8-9-21(26-12-17-6-4-3-5-7-17)16(2)22(15)24-19-10-11-23-20-14-25-13-18(19)20/h3-11H,12-14H2,1-2H3,(H,23,24). The summed E-state index contributed by atoms with van der Waals surface area (Å²) in [5.41, 5.74) is 7.73. The van der Waals surface area contributed by atoms with Gasteiger partial charge in [-0.3, -0.25) is 4.98 Å². The highest BCUT2D eigenvalue weighted by Crippen LogP contribution is 2.34. The highest BCUT2D eigenvalue weighted by atomic mass is 16.5. The average molecular weight is 346 g/mol. The third-order valence-electron chi connectivity index (χ3n) is 4.75. The average Bonchev–Trinajstić information content (AvgIpc) is 3.15. The fraction of sp³-hybridized carbons (Fsp3) is 0.227. The third kappa shape index (κ3) is 3.28. The van der Waals surface area contributed by atoms with Gasteiger partial charge < -0.3 is 14.8 Å². The lowest BCUT2D eigenvalue weighted by atomic mass is 10.1. The number of hydrogen-bond acceptors (Lipinski definition) is 4. The number of pyridine rings is 1. The number of benzene rings is 2. The predicted octanol–water partition coefficient (Wildman–Crippen LogP) is 5.05. The normalized spacial score (nSPS) is 12.7. The molecule has 1 N–H and O–H groups in total. The van der Waals surface area contributed by atoms with Gasteiger partial charge in [-0.1, -0.05) is 36.4 Å². The van der Waals surface area contributed by atoms with E-state index in [1.807, 2.05) is 36.5 Å². The second kappa shape index (κ2) is 7.18. The van der Waals surface area contributed by atoms with E-state index >= 15 is 0 Å². The Labute approximate surface area is 153 Å². The van der Waals surface area contributed by atoms with Crippen molar-refractivity contribution in [1.82, 2.24) is 4.98 Å². The number of anilines is 2. The fourth-order valence-electron chi connectivity index (χ4n) is 3.23. The molecule has 0 radical (unpaired) electrons. The molecular formula is C22H22N2O2. The molecule has 1 aliphatic heterocycles. The van der Waals surface area contributed by atoms with Gasteiger partial charge in [0.05, 0.1) is 18.9 Å². The number of ether oxygens (including phenoxy) is 2. The first-order valence-corrected chi connectivity index (χ1v) is 8.81. The van der Waals surface area contributed by atoms with E-state index in [1.54, 1.807) is 0 Å². The smallest absolute Gasteiger partial charge is 0.124 e. The molecule has 3 aromatic rings. The van der Waals surface area contributed by atoms with Crippen LogP contribution in [-0.2, 0) is 24.6 Å². The van der Waals surface area contributed by atoms with Gasteiger partial charge in [0.2, 0.25) is 0 Å². The summed E-state index contributed by atoms with van der Waals surface area (Å²) in [6.07, 6.45) is 1.83. The van der Waals surface area contributed by atoms with Crippen LogP contribution in [0.2, 0.25) is 0 Å². The summed E-state index contributed by atoms with van der Waals surface area (Å²) in [5, 5.41) is 3.58. The van der Waals surface area contributed by atoms with Gasteiger partial charge in [0, 0.05) is 28.7 Å². The number of nitrogens with zero attached hydrogens (tertiary/aromatic N) is 1. The Balaban J connectivity index is 1.59. The minimum absolute atomic E-state index is 0.558. The van der Waals surface area contributed by atoms with Gasteiger partial charge in [-0.2, -0.15) is 0 Å². The molecule has 4 rings (SSSR count). The molecule has 0 unspecified atom stereocenters. The van der Waals surface area contributed by atoms with E-state index in [2.05, 4.69) is 42.3 Å². The Bertz CT molecular complexity index is 923. The molecule has 1 aromatic heterocycles. The molecule has 26 heavy (non-hydrogen) atoms. The highest BCUT2D eigenvalue weighted by molar-refractivity contribution is 5.71. The van der Waals surface area contributed by atoms with Crippen LogP contribution in [0.5, 0.6) is 5.75 Å². The first-order valence-electron chi connectivity index (χ1n) is 8.81. The fourth-order valence-corrected chi connectivity index (χ4v) is 3.23. The summed E-state index contributed by atoms with van der Waals surface area (Å²) < 4.78 is 11.6. The van der Waals surface area contributed by atoms with Gasteiger partial charge in [0.25, 0.3) is 0 Å². The molecule has 4 heteroatoms. The van der Waals surface area contributed by atoms with E-state index in [0.717, 1.165) is 39.5 Å². The molecule has 0 atom stereocenters. The highest BCUT2D eigenvalue weighted by Gasteiger charge is 2.18. The van der Waals surface area contributed by atoms with Crippen molar-refractivity contribution in [3.63, 3.8) is 0 Å². The van der Waals surface area contributed by atoms with E-state index in [-0.39, 0.29) is 0 Å². The lowest BCUT2D eigenvalue weighted by molar-refractivity contribution is 0.133. The molecule has 0 amide bonds. The van der Waals surface area contributed by atoms with E-state index < -0.39 is 0 Å². The largest absolute Gasteiger partial charge is 0.489 e. The van der Waals surface area contributed by atoms with Crippen molar-refractivity contribution in [2.45, 2.75) is 33.7 Å². The SMILES string of the molecule is Cc1ccc(OCc2ccccc2)c(C)c1Nc1ccnc2c1COC2. The summed E-state index contributed by atoms with van der Waals surface area (Å²) in [5.74, 6) is 0.893. The second-order valence-electron chi connectivity index (χ2n) is 6.56. The van der Waals surface area contributed by atoms with E-state index in [4.69, 9.17) is 9.47 Å². The van der Waals surface area contributed by atoms with Crippen LogP contribution < -0.4 is 10.1 Å². The Morgan fingerprint density at radius 2 is 1.88 bits per heavy atom. The van der Waals surface area contributed by atoms with Crippen LogP contribution in [0.25, 0.3) is 0 Å². The quantitative estimate of drug-likeness (QED) is 0.702. The van der Waals surface area contributed by atoms with Crippen molar-refractivity contribution in [2.24, 2.45) is 0 Å². The van der Waals surface area contributed by atoms with Crippen molar-refractivity contribution in [1.29, 1.82) is 0 Å². The molecule has 0 saturated heterocycles. The minimum Gasteiger partial charge on any atom is -0.489 e. The van der Waals surface area contributed by atoms with Crippen LogP contribution >= 0.6 is 0 Å². The van der Waals surface area contributed by atoms with Gasteiger partial charge >= 0.3 is 0 Å². The van der Waals surface area contributed by atoms with Gasteiger partial charge in [0.15, 0.2) is 0 Å². The van der Waals surface area contributed by atoms with Crippen molar-refractivity contribution >= 4 is 11.4 Å². The second-order valence-corrected chi connectivity index (χ2v) is 6.56. The van der Waals surface area contributed by atoms with Crippen LogP contribution in [0.4, 0.5) is 11.4 Å². The van der Waals surface area contributed by atoms with Crippen LogP contribution in [-0.4, -0.2) is 4.98 Å². The lowest BCUT2D eigenvalue weighted by Crippen LogP contribution is -2.03. The van der Waals surface area contributed by atoms with E-state index in [9.17, 15) is 0 Å². The monoisotopic (exact) mass is 346 g/mol. The van der Waals surface area contributed by atoms with Crippen molar-refractivity contribution in [3.8, 4) is 5.75 Å². The molecule has 0 spiro atoms. The summed E-state index contributed by atoms with van der Waals surface area (Å²) in [6.45, 7) is 5.95. The zero-order chi connectivity index (χ0) is 17.9. The molecule has 2 heterocycles. The molecule has 1 aliphatic rings. The van der Waals surface area contributed by atoms with Crippen LogP contribution in [0, 0.1) is 13.8 Å². The number of aryl methyl sites for hydroxylation is 1. The summed E-state index contributed by atoms with van der Waals surface area (Å²) >= 11 is 0. The van der Waals surface area contributed by atoms with Gasteiger partial charge in [-0.15, -0.1) is 0 Å². The molecule has 4 nitrogen and oxygen atoms in total. The topological polar surface area (TPSA) is 43.4 Å². The van der Waals surface area contributed by atoms with Crippen molar-refractivity contribution in [3.05, 3.63) is 82.7 Å². The minimum atomic E-state index is 0.558. The number of aromatic nitrogens is 1. The first-order chi connectivity index (χ1) is 12.7. The molecule has 0 fully saturated rings.